The first-order chi connectivity index (χ1) is 9.88. The van der Waals surface area contributed by atoms with Crippen LogP contribution < -0.4 is 10.6 Å². The summed E-state index contributed by atoms with van der Waals surface area (Å²) in [7, 11) is 1.81. The molecule has 1 fully saturated rings. The maximum absolute atomic E-state index is 5.68. The van der Waals surface area contributed by atoms with Crippen LogP contribution in [-0.2, 0) is 9.47 Å². The first-order valence-corrected chi connectivity index (χ1v) is 7.66. The Morgan fingerprint density at radius 1 is 1.38 bits per heavy atom. The fourth-order valence-corrected chi connectivity index (χ4v) is 2.47. The molecule has 0 aromatic rings. The predicted molar refractivity (Wildman–Crippen MR) is 96.4 cm³/mol. The maximum atomic E-state index is 5.68. The van der Waals surface area contributed by atoms with Crippen molar-refractivity contribution in [2.24, 2.45) is 10.9 Å². The lowest BCUT2D eigenvalue weighted by molar-refractivity contribution is 0.0888. The summed E-state index contributed by atoms with van der Waals surface area (Å²) in [6, 6.07) is 0.500. The van der Waals surface area contributed by atoms with Crippen molar-refractivity contribution in [3.05, 3.63) is 12.2 Å². The molecule has 0 spiro atoms. The van der Waals surface area contributed by atoms with Crippen LogP contribution in [0.2, 0.25) is 0 Å². The molecule has 2 rings (SSSR count). The van der Waals surface area contributed by atoms with Gasteiger partial charge in [0, 0.05) is 38.8 Å². The highest BCUT2D eigenvalue weighted by Gasteiger charge is 2.15. The maximum Gasteiger partial charge on any atom is 0.191 e. The molecule has 2 N–H and O–H groups in total. The SMILES string of the molecule is CN=C(NCCCOCC1CCOC1)NC1CC=CC1.I. The van der Waals surface area contributed by atoms with Crippen molar-refractivity contribution in [3.8, 4) is 0 Å². The molecule has 2 aliphatic rings. The first kappa shape index (κ1) is 18.7. The van der Waals surface area contributed by atoms with Crippen molar-refractivity contribution in [2.75, 3.05) is 40.0 Å². The third-order valence-corrected chi connectivity index (χ3v) is 3.71. The van der Waals surface area contributed by atoms with Crippen LogP contribution in [-0.4, -0.2) is 52.0 Å². The summed E-state index contributed by atoms with van der Waals surface area (Å²) in [6.07, 6.45) is 8.75. The largest absolute Gasteiger partial charge is 0.381 e. The Hall–Kier alpha value is -0.340. The molecule has 0 bridgehead atoms. The summed E-state index contributed by atoms with van der Waals surface area (Å²) >= 11 is 0. The minimum absolute atomic E-state index is 0. The second kappa shape index (κ2) is 11.3. The van der Waals surface area contributed by atoms with Crippen molar-refractivity contribution in [2.45, 2.75) is 31.7 Å². The Labute approximate surface area is 145 Å². The average Bonchev–Trinajstić information content (AvgIpc) is 3.14. The molecule has 0 radical (unpaired) electrons. The van der Waals surface area contributed by atoms with Gasteiger partial charge in [-0.2, -0.15) is 0 Å². The van der Waals surface area contributed by atoms with E-state index in [1.54, 1.807) is 0 Å². The summed E-state index contributed by atoms with van der Waals surface area (Å²) in [5, 5.41) is 6.75. The van der Waals surface area contributed by atoms with Gasteiger partial charge in [-0.05, 0) is 25.7 Å². The highest BCUT2D eigenvalue weighted by molar-refractivity contribution is 14.0. The van der Waals surface area contributed by atoms with Crippen LogP contribution >= 0.6 is 24.0 Å². The van der Waals surface area contributed by atoms with Gasteiger partial charge in [0.2, 0.25) is 0 Å². The Morgan fingerprint density at radius 3 is 2.86 bits per heavy atom. The molecular formula is C15H28IN3O2. The highest BCUT2D eigenvalue weighted by Crippen LogP contribution is 2.12. The van der Waals surface area contributed by atoms with Crippen LogP contribution in [0.15, 0.2) is 17.1 Å². The van der Waals surface area contributed by atoms with E-state index in [4.69, 9.17) is 9.47 Å². The zero-order chi connectivity index (χ0) is 14.0. The smallest absolute Gasteiger partial charge is 0.191 e. The van der Waals surface area contributed by atoms with Gasteiger partial charge in [0.15, 0.2) is 5.96 Å². The molecule has 0 aromatic heterocycles. The second-order valence-electron chi connectivity index (χ2n) is 5.44. The number of ether oxygens (including phenoxy) is 2. The van der Waals surface area contributed by atoms with Crippen LogP contribution in [0, 0.1) is 5.92 Å². The fraction of sp³-hybridized carbons (Fsp3) is 0.800. The van der Waals surface area contributed by atoms with Gasteiger partial charge in [-0.1, -0.05) is 12.2 Å². The van der Waals surface area contributed by atoms with Gasteiger partial charge in [-0.3, -0.25) is 4.99 Å². The van der Waals surface area contributed by atoms with Crippen LogP contribution in [0.5, 0.6) is 0 Å². The summed E-state index contributed by atoms with van der Waals surface area (Å²) in [6.45, 7) is 4.28. The van der Waals surface area contributed by atoms with Gasteiger partial charge in [0.05, 0.1) is 13.2 Å². The predicted octanol–water partition coefficient (Wildman–Crippen LogP) is 1.93. The molecule has 5 nitrogen and oxygen atoms in total. The van der Waals surface area contributed by atoms with Crippen LogP contribution in [0.3, 0.4) is 0 Å². The minimum atomic E-state index is 0. The standard InChI is InChI=1S/C15H27N3O2.HI/c1-16-15(18-14-5-2-3-6-14)17-8-4-9-19-11-13-7-10-20-12-13;/h2-3,13-14H,4-12H2,1H3,(H2,16,17,18);1H. The number of guanidine groups is 1. The van der Waals surface area contributed by atoms with Crippen molar-refractivity contribution >= 4 is 29.9 Å². The lowest BCUT2D eigenvalue weighted by Gasteiger charge is -2.17. The van der Waals surface area contributed by atoms with Crippen molar-refractivity contribution < 1.29 is 9.47 Å². The van der Waals surface area contributed by atoms with E-state index in [1.165, 1.54) is 0 Å². The molecule has 122 valence electrons. The van der Waals surface area contributed by atoms with Gasteiger partial charge in [-0.15, -0.1) is 24.0 Å². The monoisotopic (exact) mass is 409 g/mol. The van der Waals surface area contributed by atoms with Crippen molar-refractivity contribution in [1.82, 2.24) is 10.6 Å². The minimum Gasteiger partial charge on any atom is -0.381 e. The average molecular weight is 409 g/mol. The van der Waals surface area contributed by atoms with Crippen molar-refractivity contribution in [1.29, 1.82) is 0 Å². The quantitative estimate of drug-likeness (QED) is 0.222. The molecular weight excluding hydrogens is 381 g/mol. The first-order valence-electron chi connectivity index (χ1n) is 7.66. The van der Waals surface area contributed by atoms with Gasteiger partial charge < -0.3 is 20.1 Å². The van der Waals surface area contributed by atoms with E-state index in [2.05, 4.69) is 27.8 Å². The van der Waals surface area contributed by atoms with Gasteiger partial charge in [0.25, 0.3) is 0 Å². The number of rotatable bonds is 7. The molecule has 1 atom stereocenters. The summed E-state index contributed by atoms with van der Waals surface area (Å²) < 4.78 is 11.0. The molecule has 21 heavy (non-hydrogen) atoms. The van der Waals surface area contributed by atoms with E-state index in [9.17, 15) is 0 Å². The molecule has 1 aliphatic carbocycles. The topological polar surface area (TPSA) is 54.9 Å². The van der Waals surface area contributed by atoms with E-state index in [-0.39, 0.29) is 24.0 Å². The summed E-state index contributed by atoms with van der Waals surface area (Å²) in [4.78, 5) is 4.24. The van der Waals surface area contributed by atoms with Crippen LogP contribution in [0.4, 0.5) is 0 Å². The number of hydrogen-bond donors (Lipinski definition) is 2. The van der Waals surface area contributed by atoms with Gasteiger partial charge in [-0.25, -0.2) is 0 Å². The molecule has 1 unspecified atom stereocenters. The van der Waals surface area contributed by atoms with Crippen LogP contribution in [0.1, 0.15) is 25.7 Å². The van der Waals surface area contributed by atoms with Gasteiger partial charge in [0.1, 0.15) is 0 Å². The molecule has 0 aromatic carbocycles. The number of nitrogens with one attached hydrogen (secondary N) is 2. The highest BCUT2D eigenvalue weighted by atomic mass is 127. The normalized spacial score (nSPS) is 22.3. The number of aliphatic imine (C=N–C) groups is 1. The van der Waals surface area contributed by atoms with Crippen LogP contribution in [0.25, 0.3) is 0 Å². The molecule has 6 heteroatoms. The van der Waals surface area contributed by atoms with E-state index < -0.39 is 0 Å². The van der Waals surface area contributed by atoms with E-state index >= 15 is 0 Å². The van der Waals surface area contributed by atoms with E-state index in [1.807, 2.05) is 7.05 Å². The Morgan fingerprint density at radius 2 is 2.19 bits per heavy atom. The van der Waals surface area contributed by atoms with E-state index in [0.29, 0.717) is 12.0 Å². The zero-order valence-corrected chi connectivity index (χ0v) is 15.2. The lowest BCUT2D eigenvalue weighted by atomic mass is 10.1. The molecule has 1 saturated heterocycles. The van der Waals surface area contributed by atoms with E-state index in [0.717, 1.165) is 64.6 Å². The zero-order valence-electron chi connectivity index (χ0n) is 12.8. The third-order valence-electron chi connectivity index (χ3n) is 3.71. The lowest BCUT2D eigenvalue weighted by Crippen LogP contribution is -2.42. The fourth-order valence-electron chi connectivity index (χ4n) is 2.47. The Bertz CT molecular complexity index is 323. The Kier molecular flexibility index (Phi) is 10.0. The van der Waals surface area contributed by atoms with Gasteiger partial charge >= 0.3 is 0 Å². The third kappa shape index (κ3) is 7.46. The number of hydrogen-bond acceptors (Lipinski definition) is 3. The summed E-state index contributed by atoms with van der Waals surface area (Å²) in [5.41, 5.74) is 0. The number of halogens is 1. The molecule has 0 amide bonds. The van der Waals surface area contributed by atoms with Crippen molar-refractivity contribution in [3.63, 3.8) is 0 Å². The molecule has 1 heterocycles. The molecule has 1 aliphatic heterocycles. The molecule has 0 saturated carbocycles. The second-order valence-corrected chi connectivity index (χ2v) is 5.44. The Balaban J connectivity index is 0.00000220. The summed E-state index contributed by atoms with van der Waals surface area (Å²) in [5.74, 6) is 1.50. The number of nitrogens with zero attached hydrogens (tertiary/aromatic N) is 1.